The molecule has 0 fully saturated rings. The van der Waals surface area contributed by atoms with Crippen LogP contribution in [0.25, 0.3) is 0 Å². The minimum atomic E-state index is -4.11. The van der Waals surface area contributed by atoms with E-state index in [-0.39, 0.29) is 57.7 Å². The number of nitrogens with two attached hydrogens (primary N) is 1. The van der Waals surface area contributed by atoms with E-state index < -0.39 is 10.1 Å². The van der Waals surface area contributed by atoms with Gasteiger partial charge in [-0.25, -0.2) is 0 Å². The number of nitrogen functional groups attached to an aromatic ring is 1. The van der Waals surface area contributed by atoms with Crippen LogP contribution < -0.4 is 57.1 Å². The Morgan fingerprint density at radius 2 is 2.00 bits per heavy atom. The van der Waals surface area contributed by atoms with E-state index in [1.165, 1.54) is 24.3 Å². The van der Waals surface area contributed by atoms with Gasteiger partial charge in [-0.2, -0.15) is 8.42 Å². The Morgan fingerprint density at radius 1 is 1.42 bits per heavy atom. The first-order valence-corrected chi connectivity index (χ1v) is 4.27. The zero-order valence-electron chi connectivity index (χ0n) is 7.56. The molecule has 4 nitrogen and oxygen atoms in total. The Bertz CT molecular complexity index is 368. The molecular formula is C6H8KNO3S. The summed E-state index contributed by atoms with van der Waals surface area (Å²) in [5.74, 6) is 0. The molecule has 0 bridgehead atoms. The summed E-state index contributed by atoms with van der Waals surface area (Å²) in [7, 11) is -4.11. The van der Waals surface area contributed by atoms with E-state index in [0.717, 1.165) is 0 Å². The van der Waals surface area contributed by atoms with Crippen molar-refractivity contribution in [2.75, 3.05) is 5.73 Å². The number of hydrogen-bond donors (Lipinski definition) is 2. The molecule has 0 saturated carbocycles. The minimum absolute atomic E-state index is 0. The van der Waals surface area contributed by atoms with E-state index in [2.05, 4.69) is 0 Å². The van der Waals surface area contributed by atoms with E-state index in [1.54, 1.807) is 0 Å². The third-order valence-electron chi connectivity index (χ3n) is 1.16. The second-order valence-corrected chi connectivity index (χ2v) is 3.47. The first kappa shape index (κ1) is 12.6. The van der Waals surface area contributed by atoms with Crippen LogP contribution in [0.1, 0.15) is 1.43 Å². The summed E-state index contributed by atoms with van der Waals surface area (Å²) in [5, 5.41) is 0. The zero-order valence-corrected chi connectivity index (χ0v) is 10.5. The van der Waals surface area contributed by atoms with E-state index in [1.807, 2.05) is 0 Å². The maximum atomic E-state index is 10.5. The van der Waals surface area contributed by atoms with Gasteiger partial charge in [-0.15, -0.1) is 0 Å². The van der Waals surface area contributed by atoms with Crippen LogP contribution in [0.5, 0.6) is 0 Å². The van der Waals surface area contributed by atoms with Crippen molar-refractivity contribution in [1.82, 2.24) is 0 Å². The van der Waals surface area contributed by atoms with Gasteiger partial charge in [0.2, 0.25) is 0 Å². The molecule has 0 heterocycles. The maximum Gasteiger partial charge on any atom is 1.00 e. The molecule has 0 spiro atoms. The average Bonchev–Trinajstić information content (AvgIpc) is 1.86. The van der Waals surface area contributed by atoms with Crippen LogP contribution in [-0.4, -0.2) is 13.0 Å². The maximum absolute atomic E-state index is 10.5. The standard InChI is InChI=1S/C6H7NO3S.K.H/c7-5-2-1-3-6(4-5)11(8,9)10;;/h1-4H,7H2,(H,8,9,10);;/q;+1;-1. The monoisotopic (exact) mass is 213 g/mol. The van der Waals surface area contributed by atoms with Gasteiger partial charge in [-0.05, 0) is 18.2 Å². The minimum Gasteiger partial charge on any atom is -1.00 e. The van der Waals surface area contributed by atoms with Crippen LogP contribution in [0.15, 0.2) is 29.2 Å². The fourth-order valence-corrected chi connectivity index (χ4v) is 1.21. The second-order valence-electron chi connectivity index (χ2n) is 2.05. The molecule has 0 atom stereocenters. The molecule has 12 heavy (non-hydrogen) atoms. The largest absolute Gasteiger partial charge is 1.00 e. The van der Waals surface area contributed by atoms with Crippen LogP contribution in [0.2, 0.25) is 0 Å². The van der Waals surface area contributed by atoms with Crippen LogP contribution in [0.3, 0.4) is 0 Å². The Morgan fingerprint density at radius 3 is 2.33 bits per heavy atom. The predicted octanol–water partition coefficient (Wildman–Crippen LogP) is -2.37. The van der Waals surface area contributed by atoms with Gasteiger partial charge in [-0.1, -0.05) is 6.07 Å². The van der Waals surface area contributed by atoms with E-state index in [0.29, 0.717) is 5.69 Å². The van der Waals surface area contributed by atoms with Gasteiger partial charge in [-0.3, -0.25) is 4.55 Å². The summed E-state index contributed by atoms with van der Waals surface area (Å²) in [4.78, 5) is -0.183. The zero-order chi connectivity index (χ0) is 8.48. The fourth-order valence-electron chi connectivity index (χ4n) is 0.675. The Balaban J connectivity index is 0. The van der Waals surface area contributed by atoms with Crippen LogP contribution in [-0.2, 0) is 10.1 Å². The van der Waals surface area contributed by atoms with E-state index in [4.69, 9.17) is 10.3 Å². The van der Waals surface area contributed by atoms with Crippen LogP contribution in [0, 0.1) is 0 Å². The van der Waals surface area contributed by atoms with Crippen molar-refractivity contribution in [3.05, 3.63) is 24.3 Å². The van der Waals surface area contributed by atoms with Crippen molar-refractivity contribution in [2.24, 2.45) is 0 Å². The molecule has 1 rings (SSSR count). The number of anilines is 1. The van der Waals surface area contributed by atoms with E-state index >= 15 is 0 Å². The average molecular weight is 213 g/mol. The topological polar surface area (TPSA) is 80.4 Å². The summed E-state index contributed by atoms with van der Waals surface area (Å²) in [6.07, 6.45) is 0. The summed E-state index contributed by atoms with van der Waals surface area (Å²) in [6, 6.07) is 5.45. The van der Waals surface area contributed by atoms with Gasteiger partial charge in [0.05, 0.1) is 4.90 Å². The number of hydrogen-bond acceptors (Lipinski definition) is 3. The molecule has 62 valence electrons. The van der Waals surface area contributed by atoms with Crippen LogP contribution >= 0.6 is 0 Å². The molecule has 0 amide bonds. The molecule has 0 aliphatic carbocycles. The molecule has 0 saturated heterocycles. The number of rotatable bonds is 1. The van der Waals surface area contributed by atoms with Crippen molar-refractivity contribution in [3.8, 4) is 0 Å². The van der Waals surface area contributed by atoms with Gasteiger partial charge < -0.3 is 7.16 Å². The van der Waals surface area contributed by atoms with Crippen molar-refractivity contribution < 1.29 is 65.8 Å². The fraction of sp³-hybridized carbons (Fsp3) is 0. The first-order valence-electron chi connectivity index (χ1n) is 2.83. The Labute approximate surface area is 115 Å². The van der Waals surface area contributed by atoms with E-state index in [9.17, 15) is 8.42 Å². The van der Waals surface area contributed by atoms with Gasteiger partial charge >= 0.3 is 51.4 Å². The Kier molecular flexibility index (Phi) is 4.93. The van der Waals surface area contributed by atoms with Gasteiger partial charge in [0.15, 0.2) is 0 Å². The normalized spacial score (nSPS) is 10.4. The summed E-state index contributed by atoms with van der Waals surface area (Å²) < 4.78 is 29.5. The molecule has 3 N–H and O–H groups in total. The van der Waals surface area contributed by atoms with Crippen LogP contribution in [0.4, 0.5) is 5.69 Å². The van der Waals surface area contributed by atoms with Gasteiger partial charge in [0.1, 0.15) is 0 Å². The van der Waals surface area contributed by atoms with Gasteiger partial charge in [0.25, 0.3) is 10.1 Å². The third kappa shape index (κ3) is 3.52. The smallest absolute Gasteiger partial charge is 1.00 e. The molecule has 0 aromatic heterocycles. The quantitative estimate of drug-likeness (QED) is 0.310. The van der Waals surface area contributed by atoms with Crippen molar-refractivity contribution in [2.45, 2.75) is 4.90 Å². The molecule has 0 aliphatic heterocycles. The summed E-state index contributed by atoms with van der Waals surface area (Å²) in [6.45, 7) is 0. The SMILES string of the molecule is Nc1cccc(S(=O)(=O)O)c1.[H-].[K+]. The molecule has 1 aromatic rings. The molecule has 0 unspecified atom stereocenters. The second kappa shape index (κ2) is 4.71. The molecular weight excluding hydrogens is 205 g/mol. The summed E-state index contributed by atoms with van der Waals surface area (Å²) in [5.41, 5.74) is 5.59. The predicted molar refractivity (Wildman–Crippen MR) is 41.8 cm³/mol. The van der Waals surface area contributed by atoms with Crippen molar-refractivity contribution >= 4 is 15.8 Å². The number of benzene rings is 1. The summed E-state index contributed by atoms with van der Waals surface area (Å²) >= 11 is 0. The molecule has 0 aliphatic rings. The molecule has 0 radical (unpaired) electrons. The Hall–Kier alpha value is 0.566. The molecule has 6 heteroatoms. The first-order chi connectivity index (χ1) is 5.00. The third-order valence-corrected chi connectivity index (χ3v) is 2.01. The van der Waals surface area contributed by atoms with Crippen molar-refractivity contribution in [3.63, 3.8) is 0 Å². The van der Waals surface area contributed by atoms with Gasteiger partial charge in [0, 0.05) is 5.69 Å². The molecule has 1 aromatic carbocycles. The van der Waals surface area contributed by atoms with Crippen molar-refractivity contribution in [1.29, 1.82) is 0 Å².